The number of carbonyl (C=O) groups is 2. The summed E-state index contributed by atoms with van der Waals surface area (Å²) < 4.78 is 4.75. The Morgan fingerprint density at radius 3 is 3.00 bits per heavy atom. The fourth-order valence-corrected chi connectivity index (χ4v) is 1.54. The number of carboxylic acids is 1. The van der Waals surface area contributed by atoms with E-state index >= 15 is 0 Å². The van der Waals surface area contributed by atoms with Crippen LogP contribution in [0.4, 0.5) is 5.00 Å². The van der Waals surface area contributed by atoms with Crippen LogP contribution in [0, 0.1) is 0 Å². The van der Waals surface area contributed by atoms with Crippen LogP contribution in [0.1, 0.15) is 17.4 Å². The minimum atomic E-state index is -1.00. The van der Waals surface area contributed by atoms with Crippen LogP contribution in [0.3, 0.4) is 0 Å². The van der Waals surface area contributed by atoms with Crippen molar-refractivity contribution in [2.45, 2.75) is 6.92 Å². The number of ether oxygens (including phenoxy) is 1. The number of esters is 1. The molecule has 0 radical (unpaired) electrons. The molecule has 0 aliphatic rings. The number of hydrogen-bond donors (Lipinski definition) is 2. The van der Waals surface area contributed by atoms with Crippen molar-refractivity contribution in [2.75, 3.05) is 18.5 Å². The van der Waals surface area contributed by atoms with Crippen molar-refractivity contribution in [2.24, 2.45) is 0 Å². The van der Waals surface area contributed by atoms with Gasteiger partial charge >= 0.3 is 11.9 Å². The molecule has 0 unspecified atom stereocenters. The standard InChI is InChI=1S/C8H10N2O4S/c1-2-14-8(13)6-7(15-4-10-6)9-3-5(11)12/h4,9H,2-3H2,1H3,(H,11,12). The second kappa shape index (κ2) is 5.30. The van der Waals surface area contributed by atoms with Crippen molar-refractivity contribution < 1.29 is 19.4 Å². The second-order valence-electron chi connectivity index (χ2n) is 2.50. The first-order chi connectivity index (χ1) is 7.15. The van der Waals surface area contributed by atoms with Crippen LogP contribution in [0.5, 0.6) is 0 Å². The first kappa shape index (κ1) is 11.4. The molecule has 0 bridgehead atoms. The zero-order valence-corrected chi connectivity index (χ0v) is 8.84. The Labute approximate surface area is 89.9 Å². The highest BCUT2D eigenvalue weighted by Gasteiger charge is 2.16. The smallest absolute Gasteiger partial charge is 0.360 e. The summed E-state index contributed by atoms with van der Waals surface area (Å²) in [5.41, 5.74) is 1.58. The molecular formula is C8H10N2O4S. The third kappa shape index (κ3) is 3.21. The Hall–Kier alpha value is -1.63. The molecule has 1 aromatic heterocycles. The molecule has 0 aromatic carbocycles. The summed E-state index contributed by atoms with van der Waals surface area (Å²) in [5, 5.41) is 11.5. The van der Waals surface area contributed by atoms with E-state index in [0.29, 0.717) is 5.00 Å². The normalized spacial score (nSPS) is 9.67. The Morgan fingerprint density at radius 2 is 2.40 bits per heavy atom. The number of aliphatic carboxylic acids is 1. The van der Waals surface area contributed by atoms with Crippen LogP contribution in [-0.4, -0.2) is 35.2 Å². The molecule has 7 heteroatoms. The third-order valence-corrected chi connectivity index (χ3v) is 2.22. The van der Waals surface area contributed by atoms with Crippen LogP contribution in [0.15, 0.2) is 5.51 Å². The van der Waals surface area contributed by atoms with Crippen molar-refractivity contribution in [1.29, 1.82) is 0 Å². The molecule has 2 N–H and O–H groups in total. The second-order valence-corrected chi connectivity index (χ2v) is 3.35. The number of carboxylic acid groups (broad SMARTS) is 1. The molecule has 1 heterocycles. The molecule has 0 saturated heterocycles. The highest BCUT2D eigenvalue weighted by atomic mass is 32.1. The van der Waals surface area contributed by atoms with Crippen LogP contribution in [0.2, 0.25) is 0 Å². The number of carbonyl (C=O) groups excluding carboxylic acids is 1. The summed E-state index contributed by atoms with van der Waals surface area (Å²) >= 11 is 1.16. The number of anilines is 1. The van der Waals surface area contributed by atoms with E-state index in [0.717, 1.165) is 11.3 Å². The van der Waals surface area contributed by atoms with Crippen molar-refractivity contribution in [3.63, 3.8) is 0 Å². The number of thiazole rings is 1. The largest absolute Gasteiger partial charge is 0.480 e. The summed E-state index contributed by atoms with van der Waals surface area (Å²) in [5.74, 6) is -1.55. The molecule has 0 aliphatic carbocycles. The predicted molar refractivity (Wildman–Crippen MR) is 54.2 cm³/mol. The molecule has 0 aliphatic heterocycles. The van der Waals surface area contributed by atoms with Gasteiger partial charge < -0.3 is 15.2 Å². The number of aromatic nitrogens is 1. The van der Waals surface area contributed by atoms with Gasteiger partial charge in [-0.25, -0.2) is 9.78 Å². The van der Waals surface area contributed by atoms with Crippen LogP contribution < -0.4 is 5.32 Å². The minimum absolute atomic E-state index is 0.128. The maximum absolute atomic E-state index is 11.3. The van der Waals surface area contributed by atoms with Gasteiger partial charge in [0.05, 0.1) is 12.1 Å². The van der Waals surface area contributed by atoms with Crippen molar-refractivity contribution in [1.82, 2.24) is 4.98 Å². The quantitative estimate of drug-likeness (QED) is 0.728. The van der Waals surface area contributed by atoms with Gasteiger partial charge in [-0.3, -0.25) is 4.79 Å². The molecule has 0 saturated carbocycles. The lowest BCUT2D eigenvalue weighted by Gasteiger charge is -2.02. The molecule has 82 valence electrons. The van der Waals surface area contributed by atoms with Crippen molar-refractivity contribution in [3.8, 4) is 0 Å². The highest BCUT2D eigenvalue weighted by Crippen LogP contribution is 2.20. The van der Waals surface area contributed by atoms with Gasteiger partial charge in [0.25, 0.3) is 0 Å². The van der Waals surface area contributed by atoms with Crippen LogP contribution in [-0.2, 0) is 9.53 Å². The van der Waals surface area contributed by atoms with Gasteiger partial charge in [0, 0.05) is 0 Å². The van der Waals surface area contributed by atoms with E-state index in [1.165, 1.54) is 5.51 Å². The minimum Gasteiger partial charge on any atom is -0.480 e. The van der Waals surface area contributed by atoms with Gasteiger partial charge in [-0.1, -0.05) is 0 Å². The number of nitrogens with zero attached hydrogens (tertiary/aromatic N) is 1. The molecule has 15 heavy (non-hydrogen) atoms. The number of rotatable bonds is 5. The van der Waals surface area contributed by atoms with Gasteiger partial charge in [-0.15, -0.1) is 11.3 Å². The van der Waals surface area contributed by atoms with Crippen molar-refractivity contribution in [3.05, 3.63) is 11.2 Å². The van der Waals surface area contributed by atoms with E-state index in [1.807, 2.05) is 0 Å². The highest BCUT2D eigenvalue weighted by molar-refractivity contribution is 7.14. The summed E-state index contributed by atoms with van der Waals surface area (Å²) in [6, 6.07) is 0. The van der Waals surface area contributed by atoms with E-state index in [9.17, 15) is 9.59 Å². The van der Waals surface area contributed by atoms with E-state index in [2.05, 4.69) is 10.3 Å². The zero-order valence-electron chi connectivity index (χ0n) is 8.02. The Bertz CT molecular complexity index is 363. The molecule has 1 rings (SSSR count). The number of nitrogens with one attached hydrogen (secondary N) is 1. The fraction of sp³-hybridized carbons (Fsp3) is 0.375. The Balaban J connectivity index is 2.68. The molecule has 6 nitrogen and oxygen atoms in total. The van der Waals surface area contributed by atoms with E-state index < -0.39 is 11.9 Å². The van der Waals surface area contributed by atoms with Gasteiger partial charge in [-0.2, -0.15) is 0 Å². The van der Waals surface area contributed by atoms with Crippen LogP contribution in [0.25, 0.3) is 0 Å². The molecule has 0 amide bonds. The zero-order chi connectivity index (χ0) is 11.3. The first-order valence-corrected chi connectivity index (χ1v) is 5.09. The lowest BCUT2D eigenvalue weighted by Crippen LogP contribution is -2.14. The maximum atomic E-state index is 11.3. The summed E-state index contributed by atoms with van der Waals surface area (Å²) in [6.07, 6.45) is 0. The van der Waals surface area contributed by atoms with Crippen molar-refractivity contribution >= 4 is 28.3 Å². The number of hydrogen-bond acceptors (Lipinski definition) is 6. The van der Waals surface area contributed by atoms with Gasteiger partial charge in [0.15, 0.2) is 5.69 Å². The molecular weight excluding hydrogens is 220 g/mol. The molecule has 1 aromatic rings. The molecule has 0 spiro atoms. The average Bonchev–Trinajstić information content (AvgIpc) is 2.62. The topological polar surface area (TPSA) is 88.5 Å². The molecule has 0 atom stereocenters. The first-order valence-electron chi connectivity index (χ1n) is 4.21. The van der Waals surface area contributed by atoms with E-state index in [-0.39, 0.29) is 18.8 Å². The lowest BCUT2D eigenvalue weighted by atomic mass is 10.4. The van der Waals surface area contributed by atoms with Gasteiger partial charge in [-0.05, 0) is 6.92 Å². The Morgan fingerprint density at radius 1 is 1.67 bits per heavy atom. The van der Waals surface area contributed by atoms with Crippen LogP contribution >= 0.6 is 11.3 Å². The summed E-state index contributed by atoms with van der Waals surface area (Å²) in [6.45, 7) is 1.69. The Kier molecular flexibility index (Phi) is 4.04. The van der Waals surface area contributed by atoms with Gasteiger partial charge in [0.2, 0.25) is 0 Å². The maximum Gasteiger partial charge on any atom is 0.360 e. The molecule has 0 fully saturated rings. The SMILES string of the molecule is CCOC(=O)c1ncsc1NCC(=O)O. The monoisotopic (exact) mass is 230 g/mol. The average molecular weight is 230 g/mol. The van der Waals surface area contributed by atoms with E-state index in [1.54, 1.807) is 6.92 Å². The van der Waals surface area contributed by atoms with E-state index in [4.69, 9.17) is 9.84 Å². The predicted octanol–water partition coefficient (Wildman–Crippen LogP) is 0.816. The lowest BCUT2D eigenvalue weighted by molar-refractivity contribution is -0.134. The summed E-state index contributed by atoms with van der Waals surface area (Å²) in [7, 11) is 0. The van der Waals surface area contributed by atoms with Gasteiger partial charge in [0.1, 0.15) is 11.5 Å². The summed E-state index contributed by atoms with van der Waals surface area (Å²) in [4.78, 5) is 25.4. The fourth-order valence-electron chi connectivity index (χ4n) is 0.872. The third-order valence-electron chi connectivity index (χ3n) is 1.44.